The number of nitrogens with one attached hydrogen (secondary N) is 2. The molecule has 0 bridgehead atoms. The Morgan fingerprint density at radius 1 is 1.35 bits per heavy atom. The highest BCUT2D eigenvalue weighted by Gasteiger charge is 2.39. The van der Waals surface area contributed by atoms with Crippen molar-refractivity contribution in [1.29, 1.82) is 0 Å². The highest BCUT2D eigenvalue weighted by Crippen LogP contribution is 2.28. The number of halogens is 4. The number of rotatable bonds is 6. The molecular weight excluding hydrogens is 454 g/mol. The molecule has 0 spiro atoms. The Kier molecular flexibility index (Phi) is 6.43. The largest absolute Gasteiger partial charge is 0.390 e. The standard InChI is InChI=1S/C23H21F4N5O2/c1-13-9-14(4-5-16(13)22(34)31-18-10-17(18)24)19-11-29-21-20(28-7-6-23(25,26)27)30-15(3-2-8-33)12-32(19)21/h4-5,9,11-12,17-18,33H,6-8,10H2,1H3,(H,28,30)(H,31,34)/t17-,18?/m0/s1. The number of benzene rings is 1. The third kappa shape index (κ3) is 5.28. The second-order valence-corrected chi connectivity index (χ2v) is 7.92. The number of fused-ring (bicyclic) bond motifs is 1. The number of carbonyl (C=O) groups is 1. The molecule has 7 nitrogen and oxygen atoms in total. The second-order valence-electron chi connectivity index (χ2n) is 7.92. The Hall–Kier alpha value is -3.65. The molecule has 0 saturated heterocycles. The van der Waals surface area contributed by atoms with Gasteiger partial charge in [0.05, 0.1) is 24.4 Å². The van der Waals surface area contributed by atoms with Crippen LogP contribution in [0.4, 0.5) is 23.4 Å². The molecule has 3 N–H and O–H groups in total. The number of amides is 1. The minimum Gasteiger partial charge on any atom is -0.384 e. The molecule has 1 amide bonds. The zero-order valence-corrected chi connectivity index (χ0v) is 18.1. The summed E-state index contributed by atoms with van der Waals surface area (Å²) in [6, 6.07) is 4.67. The molecule has 1 saturated carbocycles. The van der Waals surface area contributed by atoms with Crippen molar-refractivity contribution >= 4 is 17.4 Å². The van der Waals surface area contributed by atoms with Crippen LogP contribution in [0.5, 0.6) is 0 Å². The van der Waals surface area contributed by atoms with E-state index in [1.54, 1.807) is 41.9 Å². The summed E-state index contributed by atoms with van der Waals surface area (Å²) in [7, 11) is 0. The van der Waals surface area contributed by atoms with E-state index in [1.807, 2.05) is 0 Å². The van der Waals surface area contributed by atoms with Crippen molar-refractivity contribution in [3.63, 3.8) is 0 Å². The van der Waals surface area contributed by atoms with Crippen molar-refractivity contribution in [3.05, 3.63) is 47.4 Å². The topological polar surface area (TPSA) is 91.6 Å². The van der Waals surface area contributed by atoms with Gasteiger partial charge in [0.1, 0.15) is 18.5 Å². The lowest BCUT2D eigenvalue weighted by Crippen LogP contribution is -2.27. The number of carbonyl (C=O) groups excluding carboxylic acids is 1. The van der Waals surface area contributed by atoms with Crippen molar-refractivity contribution in [2.24, 2.45) is 0 Å². The van der Waals surface area contributed by atoms with E-state index in [0.717, 1.165) is 0 Å². The highest BCUT2D eigenvalue weighted by atomic mass is 19.4. The predicted octanol–water partition coefficient (Wildman–Crippen LogP) is 3.25. The van der Waals surface area contributed by atoms with Gasteiger partial charge in [-0.2, -0.15) is 13.2 Å². The summed E-state index contributed by atoms with van der Waals surface area (Å²) >= 11 is 0. The van der Waals surface area contributed by atoms with Gasteiger partial charge in [0.2, 0.25) is 0 Å². The zero-order valence-electron chi connectivity index (χ0n) is 18.1. The summed E-state index contributed by atoms with van der Waals surface area (Å²) in [6.45, 7) is 0.959. The Labute approximate surface area is 192 Å². The number of aliphatic hydroxyl groups is 1. The molecule has 0 radical (unpaired) electrons. The first kappa shape index (κ1) is 23.5. The fraction of sp³-hybridized carbons (Fsp3) is 0.348. The normalized spacial score (nSPS) is 17.2. The van der Waals surface area contributed by atoms with Crippen LogP contribution in [0.15, 0.2) is 30.6 Å². The number of imidazole rings is 1. The van der Waals surface area contributed by atoms with E-state index in [4.69, 9.17) is 5.11 Å². The van der Waals surface area contributed by atoms with Crippen molar-refractivity contribution in [1.82, 2.24) is 19.7 Å². The lowest BCUT2D eigenvalue weighted by atomic mass is 10.0. The lowest BCUT2D eigenvalue weighted by molar-refractivity contribution is -0.131. The molecule has 1 aromatic carbocycles. The maximum atomic E-state index is 13.1. The van der Waals surface area contributed by atoms with Gasteiger partial charge in [-0.3, -0.25) is 9.20 Å². The predicted molar refractivity (Wildman–Crippen MR) is 117 cm³/mol. The first-order valence-electron chi connectivity index (χ1n) is 10.5. The number of aliphatic hydroxyl groups excluding tert-OH is 1. The molecule has 178 valence electrons. The summed E-state index contributed by atoms with van der Waals surface area (Å²) < 4.78 is 52.5. The molecule has 0 aliphatic heterocycles. The van der Waals surface area contributed by atoms with Crippen LogP contribution in [-0.2, 0) is 0 Å². The minimum atomic E-state index is -4.33. The lowest BCUT2D eigenvalue weighted by Gasteiger charge is -2.11. The highest BCUT2D eigenvalue weighted by molar-refractivity contribution is 5.96. The van der Waals surface area contributed by atoms with Gasteiger partial charge in [0.25, 0.3) is 5.91 Å². The molecular formula is C23H21F4N5O2. The maximum Gasteiger partial charge on any atom is 0.390 e. The van der Waals surface area contributed by atoms with Crippen LogP contribution in [0.25, 0.3) is 16.9 Å². The Morgan fingerprint density at radius 2 is 2.12 bits per heavy atom. The van der Waals surface area contributed by atoms with E-state index in [0.29, 0.717) is 34.5 Å². The van der Waals surface area contributed by atoms with Gasteiger partial charge in [-0.15, -0.1) is 0 Å². The summed E-state index contributed by atoms with van der Waals surface area (Å²) in [6.07, 6.45) is -2.94. The Morgan fingerprint density at radius 3 is 2.76 bits per heavy atom. The molecule has 2 heterocycles. The van der Waals surface area contributed by atoms with Crippen molar-refractivity contribution in [2.45, 2.75) is 38.2 Å². The number of aryl methyl sites for hydroxylation is 1. The van der Waals surface area contributed by atoms with Crippen molar-refractivity contribution < 1.29 is 27.5 Å². The van der Waals surface area contributed by atoms with E-state index >= 15 is 0 Å². The number of hydrogen-bond donors (Lipinski definition) is 3. The van der Waals surface area contributed by atoms with Crippen molar-refractivity contribution in [3.8, 4) is 23.1 Å². The molecule has 1 aliphatic carbocycles. The molecule has 1 aliphatic rings. The third-order valence-electron chi connectivity index (χ3n) is 5.28. The summed E-state index contributed by atoms with van der Waals surface area (Å²) in [5.74, 6) is 4.90. The second kappa shape index (κ2) is 9.30. The van der Waals surface area contributed by atoms with Crippen LogP contribution in [0.1, 0.15) is 34.5 Å². The van der Waals surface area contributed by atoms with E-state index in [-0.39, 0.29) is 17.4 Å². The van der Waals surface area contributed by atoms with Crippen molar-refractivity contribution in [2.75, 3.05) is 18.5 Å². The molecule has 4 rings (SSSR count). The van der Waals surface area contributed by atoms with Gasteiger partial charge in [-0.25, -0.2) is 14.4 Å². The average Bonchev–Trinajstić information content (AvgIpc) is 3.28. The monoisotopic (exact) mass is 475 g/mol. The Bertz CT molecular complexity index is 1290. The van der Waals surface area contributed by atoms with Crippen LogP contribution in [0.2, 0.25) is 0 Å². The van der Waals surface area contributed by atoms with Crippen LogP contribution in [0.3, 0.4) is 0 Å². The number of anilines is 1. The van der Waals surface area contributed by atoms with Gasteiger partial charge in [0.15, 0.2) is 11.5 Å². The third-order valence-corrected chi connectivity index (χ3v) is 5.28. The zero-order chi connectivity index (χ0) is 24.5. The van der Waals surface area contributed by atoms with Crippen LogP contribution in [0, 0.1) is 18.8 Å². The fourth-order valence-corrected chi connectivity index (χ4v) is 3.47. The van der Waals surface area contributed by atoms with Gasteiger partial charge in [-0.1, -0.05) is 12.0 Å². The van der Waals surface area contributed by atoms with Gasteiger partial charge < -0.3 is 15.7 Å². The first-order valence-corrected chi connectivity index (χ1v) is 10.5. The van der Waals surface area contributed by atoms with Gasteiger partial charge >= 0.3 is 6.18 Å². The maximum absolute atomic E-state index is 13.1. The summed E-state index contributed by atoms with van der Waals surface area (Å²) in [4.78, 5) is 20.9. The number of alkyl halides is 4. The smallest absolute Gasteiger partial charge is 0.384 e. The van der Waals surface area contributed by atoms with Crippen LogP contribution < -0.4 is 10.6 Å². The quantitative estimate of drug-likeness (QED) is 0.376. The van der Waals surface area contributed by atoms with E-state index in [1.165, 1.54) is 0 Å². The van der Waals surface area contributed by atoms with E-state index in [9.17, 15) is 22.4 Å². The fourth-order valence-electron chi connectivity index (χ4n) is 3.47. The number of hydrogen-bond acceptors (Lipinski definition) is 5. The summed E-state index contributed by atoms with van der Waals surface area (Å²) in [5, 5.41) is 14.3. The van der Waals surface area contributed by atoms with Crippen LogP contribution >= 0.6 is 0 Å². The van der Waals surface area contributed by atoms with E-state index < -0.39 is 38.0 Å². The number of aromatic nitrogens is 3. The molecule has 34 heavy (non-hydrogen) atoms. The van der Waals surface area contributed by atoms with Gasteiger partial charge in [0, 0.05) is 30.3 Å². The van der Waals surface area contributed by atoms with Crippen LogP contribution in [-0.4, -0.2) is 56.9 Å². The molecule has 1 unspecified atom stereocenters. The molecule has 3 aromatic rings. The SMILES string of the molecule is Cc1cc(-c2cnc3c(NCCC(F)(F)F)nc(C#CCO)cn23)ccc1C(=O)NC1C[C@@H]1F. The first-order chi connectivity index (χ1) is 16.2. The summed E-state index contributed by atoms with van der Waals surface area (Å²) in [5.41, 5.74) is 2.91. The molecule has 2 atom stereocenters. The van der Waals surface area contributed by atoms with E-state index in [2.05, 4.69) is 32.4 Å². The number of nitrogens with zero attached hydrogens (tertiary/aromatic N) is 3. The molecule has 1 fully saturated rings. The average molecular weight is 475 g/mol. The minimum absolute atomic E-state index is 0.123. The Balaban J connectivity index is 1.67. The van der Waals surface area contributed by atoms with Gasteiger partial charge in [-0.05, 0) is 30.5 Å². The molecule has 2 aromatic heterocycles. The molecule has 11 heteroatoms.